The number of ether oxygens (including phenoxy) is 1. The Hall–Kier alpha value is -0.910. The SMILES string of the molecule is COCCCC(N)C(=O)NC(C)Cc1ccc(Br)cc1. The lowest BCUT2D eigenvalue weighted by Crippen LogP contribution is -2.45. The van der Waals surface area contributed by atoms with Gasteiger partial charge in [-0.15, -0.1) is 0 Å². The Labute approximate surface area is 129 Å². The Morgan fingerprint density at radius 1 is 1.40 bits per heavy atom. The van der Waals surface area contributed by atoms with Crippen molar-refractivity contribution in [3.8, 4) is 0 Å². The lowest BCUT2D eigenvalue weighted by Gasteiger charge is -2.17. The molecule has 5 heteroatoms. The van der Waals surface area contributed by atoms with E-state index in [1.165, 1.54) is 5.56 Å². The number of benzene rings is 1. The molecular weight excluding hydrogens is 320 g/mol. The topological polar surface area (TPSA) is 64.3 Å². The van der Waals surface area contributed by atoms with Crippen molar-refractivity contribution in [2.75, 3.05) is 13.7 Å². The van der Waals surface area contributed by atoms with E-state index in [1.807, 2.05) is 31.2 Å². The van der Waals surface area contributed by atoms with E-state index < -0.39 is 6.04 Å². The molecule has 0 aromatic heterocycles. The maximum atomic E-state index is 11.9. The zero-order valence-corrected chi connectivity index (χ0v) is 13.7. The molecular formula is C15H23BrN2O2. The van der Waals surface area contributed by atoms with Gasteiger partial charge in [-0.25, -0.2) is 0 Å². The molecule has 1 rings (SSSR count). The first-order valence-corrected chi connectivity index (χ1v) is 7.61. The molecule has 20 heavy (non-hydrogen) atoms. The van der Waals surface area contributed by atoms with E-state index in [4.69, 9.17) is 10.5 Å². The van der Waals surface area contributed by atoms with E-state index in [2.05, 4.69) is 21.2 Å². The van der Waals surface area contributed by atoms with Gasteiger partial charge in [-0.3, -0.25) is 4.79 Å². The van der Waals surface area contributed by atoms with Gasteiger partial charge in [0.2, 0.25) is 5.91 Å². The number of rotatable bonds is 8. The highest BCUT2D eigenvalue weighted by Crippen LogP contribution is 2.12. The van der Waals surface area contributed by atoms with E-state index in [9.17, 15) is 4.79 Å². The average Bonchev–Trinajstić information content (AvgIpc) is 2.41. The summed E-state index contributed by atoms with van der Waals surface area (Å²) < 4.78 is 6.00. The van der Waals surface area contributed by atoms with Gasteiger partial charge in [-0.1, -0.05) is 28.1 Å². The fourth-order valence-corrected chi connectivity index (χ4v) is 2.22. The number of halogens is 1. The van der Waals surface area contributed by atoms with Crippen LogP contribution >= 0.6 is 15.9 Å². The van der Waals surface area contributed by atoms with Gasteiger partial charge >= 0.3 is 0 Å². The van der Waals surface area contributed by atoms with Crippen LogP contribution in [0.25, 0.3) is 0 Å². The lowest BCUT2D eigenvalue weighted by atomic mass is 10.1. The van der Waals surface area contributed by atoms with Gasteiger partial charge in [0.1, 0.15) is 0 Å². The first kappa shape index (κ1) is 17.1. The number of nitrogens with two attached hydrogens (primary N) is 1. The number of methoxy groups -OCH3 is 1. The zero-order chi connectivity index (χ0) is 15.0. The number of carbonyl (C=O) groups is 1. The highest BCUT2D eigenvalue weighted by atomic mass is 79.9. The largest absolute Gasteiger partial charge is 0.385 e. The van der Waals surface area contributed by atoms with Gasteiger partial charge in [0.15, 0.2) is 0 Å². The van der Waals surface area contributed by atoms with Crippen LogP contribution in [0.4, 0.5) is 0 Å². The van der Waals surface area contributed by atoms with E-state index in [1.54, 1.807) is 7.11 Å². The summed E-state index contributed by atoms with van der Waals surface area (Å²) in [7, 11) is 1.64. The molecule has 0 spiro atoms. The second-order valence-corrected chi connectivity index (χ2v) is 5.90. The maximum absolute atomic E-state index is 11.9. The summed E-state index contributed by atoms with van der Waals surface area (Å²) in [6.45, 7) is 2.62. The minimum Gasteiger partial charge on any atom is -0.385 e. The quantitative estimate of drug-likeness (QED) is 0.712. The Bertz CT molecular complexity index is 409. The van der Waals surface area contributed by atoms with Crippen molar-refractivity contribution < 1.29 is 9.53 Å². The first-order valence-electron chi connectivity index (χ1n) is 6.82. The molecule has 0 aliphatic carbocycles. The van der Waals surface area contributed by atoms with E-state index in [0.29, 0.717) is 13.0 Å². The van der Waals surface area contributed by atoms with Crippen molar-refractivity contribution in [3.63, 3.8) is 0 Å². The third-order valence-electron chi connectivity index (χ3n) is 3.04. The Balaban J connectivity index is 2.35. The van der Waals surface area contributed by atoms with Crippen LogP contribution in [0, 0.1) is 0 Å². The Morgan fingerprint density at radius 2 is 2.05 bits per heavy atom. The van der Waals surface area contributed by atoms with Gasteiger partial charge in [-0.2, -0.15) is 0 Å². The second kappa shape index (κ2) is 9.10. The van der Waals surface area contributed by atoms with Crippen molar-refractivity contribution >= 4 is 21.8 Å². The number of carbonyl (C=O) groups excluding carboxylic acids is 1. The highest BCUT2D eigenvalue weighted by molar-refractivity contribution is 9.10. The summed E-state index contributed by atoms with van der Waals surface area (Å²) >= 11 is 3.40. The molecule has 0 aliphatic heterocycles. The van der Waals surface area contributed by atoms with Gasteiger partial charge in [0.25, 0.3) is 0 Å². The minimum atomic E-state index is -0.461. The molecule has 0 saturated carbocycles. The molecule has 112 valence electrons. The normalized spacial score (nSPS) is 13.8. The van der Waals surface area contributed by atoms with Crippen LogP contribution in [0.15, 0.2) is 28.7 Å². The summed E-state index contributed by atoms with van der Waals surface area (Å²) in [5.41, 5.74) is 7.03. The zero-order valence-electron chi connectivity index (χ0n) is 12.1. The Kier molecular flexibility index (Phi) is 7.80. The number of nitrogens with one attached hydrogen (secondary N) is 1. The predicted octanol–water partition coefficient (Wildman–Crippen LogP) is 2.25. The molecule has 2 atom stereocenters. The molecule has 0 aliphatic rings. The lowest BCUT2D eigenvalue weighted by molar-refractivity contribution is -0.123. The smallest absolute Gasteiger partial charge is 0.237 e. The molecule has 2 unspecified atom stereocenters. The van der Waals surface area contributed by atoms with E-state index in [-0.39, 0.29) is 11.9 Å². The molecule has 4 nitrogen and oxygen atoms in total. The monoisotopic (exact) mass is 342 g/mol. The molecule has 0 fully saturated rings. The van der Waals surface area contributed by atoms with Crippen LogP contribution in [0.1, 0.15) is 25.3 Å². The average molecular weight is 343 g/mol. The molecule has 0 heterocycles. The Morgan fingerprint density at radius 3 is 2.65 bits per heavy atom. The van der Waals surface area contributed by atoms with Crippen LogP contribution in [-0.2, 0) is 16.0 Å². The van der Waals surface area contributed by atoms with Crippen LogP contribution in [0.3, 0.4) is 0 Å². The third-order valence-corrected chi connectivity index (χ3v) is 3.57. The van der Waals surface area contributed by atoms with E-state index in [0.717, 1.165) is 17.3 Å². The molecule has 0 radical (unpaired) electrons. The molecule has 1 aromatic rings. The maximum Gasteiger partial charge on any atom is 0.237 e. The first-order chi connectivity index (χ1) is 9.52. The summed E-state index contributed by atoms with van der Waals surface area (Å²) in [5, 5.41) is 2.95. The van der Waals surface area contributed by atoms with Crippen LogP contribution in [0.5, 0.6) is 0 Å². The van der Waals surface area contributed by atoms with Crippen molar-refractivity contribution in [1.82, 2.24) is 5.32 Å². The van der Waals surface area contributed by atoms with Crippen molar-refractivity contribution in [2.24, 2.45) is 5.73 Å². The van der Waals surface area contributed by atoms with Crippen molar-refractivity contribution in [2.45, 2.75) is 38.3 Å². The van der Waals surface area contributed by atoms with Crippen molar-refractivity contribution in [3.05, 3.63) is 34.3 Å². The number of hydrogen-bond acceptors (Lipinski definition) is 3. The predicted molar refractivity (Wildman–Crippen MR) is 84.5 cm³/mol. The summed E-state index contributed by atoms with van der Waals surface area (Å²) in [5.74, 6) is -0.0919. The third kappa shape index (κ3) is 6.50. The number of hydrogen-bond donors (Lipinski definition) is 2. The summed E-state index contributed by atoms with van der Waals surface area (Å²) in [6, 6.07) is 7.70. The second-order valence-electron chi connectivity index (χ2n) is 4.98. The minimum absolute atomic E-state index is 0.0668. The molecule has 1 amide bonds. The molecule has 0 bridgehead atoms. The fraction of sp³-hybridized carbons (Fsp3) is 0.533. The van der Waals surface area contributed by atoms with Crippen LogP contribution < -0.4 is 11.1 Å². The van der Waals surface area contributed by atoms with Gasteiger partial charge < -0.3 is 15.8 Å². The van der Waals surface area contributed by atoms with Crippen LogP contribution in [0.2, 0.25) is 0 Å². The standard InChI is InChI=1S/C15H23BrN2O2/c1-11(10-12-5-7-13(16)8-6-12)18-15(19)14(17)4-3-9-20-2/h5-8,11,14H,3-4,9-10,17H2,1-2H3,(H,18,19). The van der Waals surface area contributed by atoms with Gasteiger partial charge in [0.05, 0.1) is 6.04 Å². The molecule has 3 N–H and O–H groups in total. The van der Waals surface area contributed by atoms with E-state index >= 15 is 0 Å². The number of amides is 1. The highest BCUT2D eigenvalue weighted by Gasteiger charge is 2.15. The molecule has 1 aromatic carbocycles. The van der Waals surface area contributed by atoms with Crippen LogP contribution in [-0.4, -0.2) is 31.7 Å². The van der Waals surface area contributed by atoms with Crippen molar-refractivity contribution in [1.29, 1.82) is 0 Å². The fourth-order valence-electron chi connectivity index (χ4n) is 1.95. The summed E-state index contributed by atoms with van der Waals surface area (Å²) in [4.78, 5) is 11.9. The summed E-state index contributed by atoms with van der Waals surface area (Å²) in [6.07, 6.45) is 2.24. The van der Waals surface area contributed by atoms with Gasteiger partial charge in [-0.05, 0) is 43.9 Å². The molecule has 0 saturated heterocycles. The van der Waals surface area contributed by atoms with Gasteiger partial charge in [0, 0.05) is 24.2 Å².